The van der Waals surface area contributed by atoms with E-state index in [1.54, 1.807) is 0 Å². The fourth-order valence-corrected chi connectivity index (χ4v) is 10.3. The van der Waals surface area contributed by atoms with Gasteiger partial charge in [-0.1, -0.05) is 164 Å². The topological polar surface area (TPSA) is 48.8 Å². The predicted molar refractivity (Wildman–Crippen MR) is 269 cm³/mol. The van der Waals surface area contributed by atoms with Crippen molar-refractivity contribution in [3.8, 4) is 45.1 Å². The number of hydrogen-bond donors (Lipinski definition) is 0. The van der Waals surface area contributed by atoms with Crippen LogP contribution in [0.2, 0.25) is 0 Å². The second-order valence-electron chi connectivity index (χ2n) is 16.9. The first-order valence-corrected chi connectivity index (χ1v) is 22.1. The molecule has 0 N–H and O–H groups in total. The number of nitrogens with zero attached hydrogens (tertiary/aromatic N) is 4. The molecular formula is C60H36N4O. The van der Waals surface area contributed by atoms with Gasteiger partial charge in [0.2, 0.25) is 5.95 Å². The third-order valence-electron chi connectivity index (χ3n) is 13.3. The van der Waals surface area contributed by atoms with Gasteiger partial charge in [0.1, 0.15) is 11.2 Å². The number of benzene rings is 10. The lowest BCUT2D eigenvalue weighted by Crippen LogP contribution is -2.04. The summed E-state index contributed by atoms with van der Waals surface area (Å²) in [5.74, 6) is 0.605. The quantitative estimate of drug-likeness (QED) is 0.174. The Bertz CT molecular complexity index is 4230. The second-order valence-corrected chi connectivity index (χ2v) is 16.9. The van der Waals surface area contributed by atoms with Crippen LogP contribution in [0, 0.1) is 0 Å². The molecule has 0 fully saturated rings. The average Bonchev–Trinajstić information content (AvgIpc) is 4.04. The Hall–Kier alpha value is -8.80. The van der Waals surface area contributed by atoms with Crippen molar-refractivity contribution in [3.05, 3.63) is 218 Å². The SMILES string of the molecule is c1ccc(-n2c3ccccc3c3ccc(-c4ccc(-c5cc6c7ccccc7oc6c6c7ccccc7n(-c7nc(-c8ccc9ccccc9c8)c8ccccc8n7)c56)cc4)cc32)cc1. The van der Waals surface area contributed by atoms with Crippen LogP contribution >= 0.6 is 0 Å². The fourth-order valence-electron chi connectivity index (χ4n) is 10.3. The maximum atomic E-state index is 6.84. The first-order chi connectivity index (χ1) is 32.2. The van der Waals surface area contributed by atoms with Crippen molar-refractivity contribution < 1.29 is 4.42 Å². The van der Waals surface area contributed by atoms with Crippen molar-refractivity contribution >= 4 is 87.2 Å². The van der Waals surface area contributed by atoms with Gasteiger partial charge in [-0.3, -0.25) is 4.57 Å². The lowest BCUT2D eigenvalue weighted by Gasteiger charge is -2.14. The summed E-state index contributed by atoms with van der Waals surface area (Å²) in [6.07, 6.45) is 0. The van der Waals surface area contributed by atoms with Gasteiger partial charge in [0.05, 0.1) is 38.7 Å². The van der Waals surface area contributed by atoms with Gasteiger partial charge in [-0.15, -0.1) is 0 Å². The van der Waals surface area contributed by atoms with Gasteiger partial charge < -0.3 is 8.98 Å². The molecule has 4 heterocycles. The van der Waals surface area contributed by atoms with Crippen LogP contribution < -0.4 is 0 Å². The number of furan rings is 1. The molecule has 302 valence electrons. The molecule has 0 atom stereocenters. The van der Waals surface area contributed by atoms with Crippen molar-refractivity contribution in [1.29, 1.82) is 0 Å². The summed E-state index contributed by atoms with van der Waals surface area (Å²) in [6.45, 7) is 0. The van der Waals surface area contributed by atoms with E-state index >= 15 is 0 Å². The monoisotopic (exact) mass is 828 g/mol. The molecule has 0 radical (unpaired) electrons. The van der Waals surface area contributed by atoms with Gasteiger partial charge in [0.25, 0.3) is 0 Å². The zero-order valence-electron chi connectivity index (χ0n) is 35.0. The van der Waals surface area contributed by atoms with Crippen molar-refractivity contribution in [3.63, 3.8) is 0 Å². The van der Waals surface area contributed by atoms with Crippen LogP contribution in [-0.2, 0) is 0 Å². The summed E-state index contributed by atoms with van der Waals surface area (Å²) in [5.41, 5.74) is 14.5. The van der Waals surface area contributed by atoms with E-state index in [1.165, 1.54) is 32.6 Å². The Morgan fingerprint density at radius 3 is 1.85 bits per heavy atom. The number of hydrogen-bond acceptors (Lipinski definition) is 3. The van der Waals surface area contributed by atoms with Gasteiger partial charge in [-0.05, 0) is 82.1 Å². The average molecular weight is 829 g/mol. The zero-order chi connectivity index (χ0) is 42.6. The summed E-state index contributed by atoms with van der Waals surface area (Å²) < 4.78 is 11.5. The summed E-state index contributed by atoms with van der Waals surface area (Å²) >= 11 is 0. The molecule has 0 aliphatic heterocycles. The van der Waals surface area contributed by atoms with Crippen LogP contribution in [0.15, 0.2) is 223 Å². The van der Waals surface area contributed by atoms with E-state index in [0.29, 0.717) is 5.95 Å². The van der Waals surface area contributed by atoms with Gasteiger partial charge >= 0.3 is 0 Å². The highest BCUT2D eigenvalue weighted by Crippen LogP contribution is 2.46. The van der Waals surface area contributed by atoms with Gasteiger partial charge in [0, 0.05) is 49.1 Å². The summed E-state index contributed by atoms with van der Waals surface area (Å²) in [6, 6.07) is 77.9. The number of rotatable bonds is 5. The fraction of sp³-hybridized carbons (Fsp3) is 0. The molecule has 5 heteroatoms. The number of para-hydroxylation sites is 5. The lowest BCUT2D eigenvalue weighted by atomic mass is 9.96. The first kappa shape index (κ1) is 35.8. The molecule has 5 nitrogen and oxygen atoms in total. The molecular weight excluding hydrogens is 793 g/mol. The second kappa shape index (κ2) is 13.9. The Morgan fingerprint density at radius 1 is 0.369 bits per heavy atom. The van der Waals surface area contributed by atoms with Crippen LogP contribution in [0.25, 0.3) is 132 Å². The number of fused-ring (bicyclic) bond motifs is 12. The molecule has 0 aliphatic rings. The van der Waals surface area contributed by atoms with Crippen molar-refractivity contribution in [2.24, 2.45) is 0 Å². The number of aromatic nitrogens is 4. The van der Waals surface area contributed by atoms with E-state index in [4.69, 9.17) is 14.4 Å². The third kappa shape index (κ3) is 5.39. The predicted octanol–water partition coefficient (Wildman–Crippen LogP) is 15.9. The molecule has 0 spiro atoms. The van der Waals surface area contributed by atoms with E-state index in [2.05, 4.69) is 221 Å². The zero-order valence-corrected chi connectivity index (χ0v) is 35.0. The molecule has 0 amide bonds. The van der Waals surface area contributed by atoms with Gasteiger partial charge in [-0.25, -0.2) is 9.97 Å². The highest BCUT2D eigenvalue weighted by molar-refractivity contribution is 6.27. The van der Waals surface area contributed by atoms with E-state index < -0.39 is 0 Å². The summed E-state index contributed by atoms with van der Waals surface area (Å²) in [5, 5.41) is 10.1. The van der Waals surface area contributed by atoms with E-state index in [-0.39, 0.29) is 0 Å². The normalized spacial score (nSPS) is 12.0. The standard InChI is InChI=1S/C60H36N4O/c1-2-16-43(17-3-1)63-52-23-11-7-18-44(52)45-33-32-41(35-54(45)63)38-26-29-39(30-27-38)49-36-50-46-19-9-13-25-55(46)65-59(50)56-48-21-8-12-24-53(48)64(58(49)56)60-61-51-22-10-6-20-47(51)57(62-60)42-31-28-37-14-4-5-15-40(37)34-42/h1-36H. The van der Waals surface area contributed by atoms with Crippen LogP contribution in [0.1, 0.15) is 0 Å². The van der Waals surface area contributed by atoms with Crippen molar-refractivity contribution in [2.75, 3.05) is 0 Å². The molecule has 65 heavy (non-hydrogen) atoms. The van der Waals surface area contributed by atoms with Crippen molar-refractivity contribution in [2.45, 2.75) is 0 Å². The van der Waals surface area contributed by atoms with Gasteiger partial charge in [-0.2, -0.15) is 0 Å². The highest BCUT2D eigenvalue weighted by atomic mass is 16.3. The van der Waals surface area contributed by atoms with Crippen molar-refractivity contribution in [1.82, 2.24) is 19.1 Å². The van der Waals surface area contributed by atoms with Crippen LogP contribution in [0.3, 0.4) is 0 Å². The minimum atomic E-state index is 0.605. The molecule has 4 aromatic heterocycles. The molecule has 0 unspecified atom stereocenters. The molecule has 0 aliphatic carbocycles. The maximum absolute atomic E-state index is 6.84. The molecule has 0 bridgehead atoms. The van der Waals surface area contributed by atoms with Crippen LogP contribution in [-0.4, -0.2) is 19.1 Å². The minimum Gasteiger partial charge on any atom is -0.455 e. The molecule has 14 aromatic rings. The molecule has 14 rings (SSSR count). The molecule has 0 saturated carbocycles. The molecule has 10 aromatic carbocycles. The minimum absolute atomic E-state index is 0.605. The Morgan fingerprint density at radius 2 is 1.00 bits per heavy atom. The Balaban J connectivity index is 1.01. The van der Waals surface area contributed by atoms with E-state index in [9.17, 15) is 0 Å². The van der Waals surface area contributed by atoms with Crippen LogP contribution in [0.5, 0.6) is 0 Å². The van der Waals surface area contributed by atoms with Crippen LogP contribution in [0.4, 0.5) is 0 Å². The van der Waals surface area contributed by atoms with E-state index in [0.717, 1.165) is 93.8 Å². The summed E-state index contributed by atoms with van der Waals surface area (Å²) in [4.78, 5) is 10.9. The molecule has 0 saturated heterocycles. The smallest absolute Gasteiger partial charge is 0.235 e. The van der Waals surface area contributed by atoms with E-state index in [1.807, 2.05) is 6.07 Å². The summed E-state index contributed by atoms with van der Waals surface area (Å²) in [7, 11) is 0. The van der Waals surface area contributed by atoms with Gasteiger partial charge in [0.15, 0.2) is 0 Å². The Labute approximate surface area is 372 Å². The lowest BCUT2D eigenvalue weighted by molar-refractivity contribution is 0.673. The third-order valence-corrected chi connectivity index (χ3v) is 13.3. The first-order valence-electron chi connectivity index (χ1n) is 22.1. The Kier molecular flexibility index (Phi) is 7.62. The highest BCUT2D eigenvalue weighted by Gasteiger charge is 2.25. The maximum Gasteiger partial charge on any atom is 0.235 e. The largest absolute Gasteiger partial charge is 0.455 e.